The van der Waals surface area contributed by atoms with Crippen molar-refractivity contribution >= 4 is 28.1 Å². The van der Waals surface area contributed by atoms with Gasteiger partial charge in [-0.3, -0.25) is 4.57 Å². The molecule has 3 aliphatic rings. The molecule has 1 unspecified atom stereocenters. The van der Waals surface area contributed by atoms with E-state index in [1.54, 1.807) is 0 Å². The molecule has 1 aromatic carbocycles. The lowest BCUT2D eigenvalue weighted by Crippen LogP contribution is -2.31. The monoisotopic (exact) mass is 513 g/mol. The molecule has 1 saturated heterocycles. The number of ether oxygens (including phenoxy) is 1. The Hall–Kier alpha value is -3.30. The van der Waals surface area contributed by atoms with Gasteiger partial charge in [-0.05, 0) is 56.2 Å². The minimum absolute atomic E-state index is 0.0553. The Balaban J connectivity index is 1.32. The Morgan fingerprint density at radius 2 is 1.82 bits per heavy atom. The zero-order valence-electron chi connectivity index (χ0n) is 21.8. The molecule has 9 nitrogen and oxygen atoms in total. The molecule has 3 aromatic heterocycles. The van der Waals surface area contributed by atoms with Crippen molar-refractivity contribution < 1.29 is 9.84 Å². The summed E-state index contributed by atoms with van der Waals surface area (Å²) in [6.45, 7) is 2.32. The molecule has 1 atom stereocenters. The van der Waals surface area contributed by atoms with Crippen LogP contribution in [0.4, 0.5) is 5.95 Å². The van der Waals surface area contributed by atoms with E-state index >= 15 is 0 Å². The van der Waals surface area contributed by atoms with E-state index in [9.17, 15) is 5.11 Å². The molecule has 1 saturated carbocycles. The lowest BCUT2D eigenvalue weighted by molar-refractivity contribution is -0.0298. The van der Waals surface area contributed by atoms with Crippen molar-refractivity contribution in [1.82, 2.24) is 29.1 Å². The summed E-state index contributed by atoms with van der Waals surface area (Å²) in [5.74, 6) is 0.686. The Labute approximate surface area is 222 Å². The molecule has 198 valence electrons. The standard InChI is InChI=1S/C29H35N7O2/c37-17-20-11-13-34(14-12-20)29-32-26(27-28(33-29)36(19-31-27)25-8-4-5-15-38-25)21-9-10-24-23(16-21)30-18-35(24)22-6-2-1-3-7-22/h9-11,16,18-19,22,25,37H,1-8,12-15,17H2. The second kappa shape index (κ2) is 10.1. The summed E-state index contributed by atoms with van der Waals surface area (Å²) in [7, 11) is 0. The third-order valence-electron chi connectivity index (χ3n) is 8.48. The van der Waals surface area contributed by atoms with Crippen molar-refractivity contribution in [3.05, 3.63) is 42.5 Å². The van der Waals surface area contributed by atoms with Crippen molar-refractivity contribution in [3.8, 4) is 11.3 Å². The van der Waals surface area contributed by atoms with Crippen molar-refractivity contribution in [2.75, 3.05) is 31.2 Å². The molecule has 5 heterocycles. The number of aliphatic hydroxyl groups is 1. The average Bonchev–Trinajstić information content (AvgIpc) is 3.62. The van der Waals surface area contributed by atoms with Crippen molar-refractivity contribution in [2.45, 2.75) is 70.1 Å². The summed E-state index contributed by atoms with van der Waals surface area (Å²) in [6, 6.07) is 7.04. The summed E-state index contributed by atoms with van der Waals surface area (Å²) in [5, 5.41) is 9.56. The van der Waals surface area contributed by atoms with Gasteiger partial charge in [0.05, 0.1) is 30.3 Å². The van der Waals surface area contributed by atoms with Gasteiger partial charge in [-0.1, -0.05) is 31.4 Å². The minimum atomic E-state index is -0.0553. The predicted octanol–water partition coefficient (Wildman–Crippen LogP) is 5.18. The number of anilines is 1. The molecule has 2 fully saturated rings. The molecule has 7 rings (SSSR count). The van der Waals surface area contributed by atoms with Gasteiger partial charge in [0.25, 0.3) is 0 Å². The van der Waals surface area contributed by atoms with Crippen LogP contribution < -0.4 is 4.90 Å². The van der Waals surface area contributed by atoms with E-state index in [1.165, 1.54) is 37.6 Å². The van der Waals surface area contributed by atoms with E-state index < -0.39 is 0 Å². The van der Waals surface area contributed by atoms with Gasteiger partial charge in [-0.25, -0.2) is 15.0 Å². The lowest BCUT2D eigenvalue weighted by Gasteiger charge is -2.27. The van der Waals surface area contributed by atoms with Crippen LogP contribution in [0.25, 0.3) is 33.5 Å². The smallest absolute Gasteiger partial charge is 0.228 e. The first-order valence-electron chi connectivity index (χ1n) is 14.2. The number of aliphatic hydroxyl groups excluding tert-OH is 1. The molecule has 1 N–H and O–H groups in total. The molecule has 4 aromatic rings. The number of rotatable bonds is 5. The number of fused-ring (bicyclic) bond motifs is 2. The van der Waals surface area contributed by atoms with Crippen LogP contribution in [0.2, 0.25) is 0 Å². The summed E-state index contributed by atoms with van der Waals surface area (Å²) in [5.41, 5.74) is 6.67. The fourth-order valence-electron chi connectivity index (χ4n) is 6.27. The van der Waals surface area contributed by atoms with Crippen molar-refractivity contribution in [3.63, 3.8) is 0 Å². The van der Waals surface area contributed by atoms with Gasteiger partial charge in [-0.2, -0.15) is 4.98 Å². The summed E-state index contributed by atoms with van der Waals surface area (Å²) in [4.78, 5) is 21.9. The number of nitrogens with zero attached hydrogens (tertiary/aromatic N) is 7. The van der Waals surface area contributed by atoms with Crippen LogP contribution in [-0.4, -0.2) is 60.5 Å². The van der Waals surface area contributed by atoms with E-state index in [4.69, 9.17) is 24.7 Å². The normalized spacial score (nSPS) is 21.3. The van der Waals surface area contributed by atoms with Crippen molar-refractivity contribution in [2.24, 2.45) is 0 Å². The molecule has 1 aliphatic carbocycles. The van der Waals surface area contributed by atoms with Crippen LogP contribution >= 0.6 is 0 Å². The Morgan fingerprint density at radius 1 is 0.947 bits per heavy atom. The van der Waals surface area contributed by atoms with Crippen LogP contribution in [0, 0.1) is 0 Å². The SMILES string of the molecule is OCC1=CCN(c2nc(-c3ccc4c(c3)ncn4C3CCCCC3)c3ncn(C4CCCCO4)c3n2)CC1. The lowest BCUT2D eigenvalue weighted by atomic mass is 9.95. The van der Waals surface area contributed by atoms with Crippen LogP contribution in [0.5, 0.6) is 0 Å². The van der Waals surface area contributed by atoms with Crippen LogP contribution in [0.3, 0.4) is 0 Å². The van der Waals surface area contributed by atoms with Gasteiger partial charge in [0, 0.05) is 31.3 Å². The van der Waals surface area contributed by atoms with Crippen LogP contribution in [-0.2, 0) is 4.74 Å². The molecule has 0 amide bonds. The first-order valence-corrected chi connectivity index (χ1v) is 14.2. The second-order valence-corrected chi connectivity index (χ2v) is 10.9. The van der Waals surface area contributed by atoms with Gasteiger partial charge in [-0.15, -0.1) is 0 Å². The summed E-state index contributed by atoms with van der Waals surface area (Å²) in [6.07, 6.45) is 16.3. The molecule has 0 spiro atoms. The van der Waals surface area contributed by atoms with E-state index in [2.05, 4.69) is 38.3 Å². The highest BCUT2D eigenvalue weighted by atomic mass is 16.5. The van der Waals surface area contributed by atoms with E-state index in [0.717, 1.165) is 72.3 Å². The second-order valence-electron chi connectivity index (χ2n) is 10.9. The zero-order valence-corrected chi connectivity index (χ0v) is 21.8. The van der Waals surface area contributed by atoms with Crippen molar-refractivity contribution in [1.29, 1.82) is 0 Å². The molecule has 2 aliphatic heterocycles. The highest BCUT2D eigenvalue weighted by Crippen LogP contribution is 2.35. The average molecular weight is 514 g/mol. The van der Waals surface area contributed by atoms with Gasteiger partial charge >= 0.3 is 0 Å². The van der Waals surface area contributed by atoms with Crippen LogP contribution in [0.15, 0.2) is 42.5 Å². The summed E-state index contributed by atoms with van der Waals surface area (Å²) < 4.78 is 10.6. The first-order chi connectivity index (χ1) is 18.8. The third-order valence-corrected chi connectivity index (χ3v) is 8.48. The number of aromatic nitrogens is 6. The molecule has 38 heavy (non-hydrogen) atoms. The molecule has 9 heteroatoms. The van der Waals surface area contributed by atoms with E-state index in [0.29, 0.717) is 18.5 Å². The number of hydrogen-bond donors (Lipinski definition) is 1. The number of benzene rings is 1. The first kappa shape index (κ1) is 23.8. The quantitative estimate of drug-likeness (QED) is 0.368. The number of hydrogen-bond acceptors (Lipinski definition) is 7. The molecular weight excluding hydrogens is 478 g/mol. The molecular formula is C29H35N7O2. The Kier molecular flexibility index (Phi) is 6.33. The number of imidazole rings is 2. The largest absolute Gasteiger partial charge is 0.392 e. The van der Waals surface area contributed by atoms with Gasteiger partial charge in [0.15, 0.2) is 5.65 Å². The molecule has 0 bridgehead atoms. The Morgan fingerprint density at radius 3 is 2.61 bits per heavy atom. The molecule has 0 radical (unpaired) electrons. The fourth-order valence-corrected chi connectivity index (χ4v) is 6.27. The predicted molar refractivity (Wildman–Crippen MR) is 147 cm³/mol. The topological polar surface area (TPSA) is 94.1 Å². The Bertz CT molecular complexity index is 1480. The van der Waals surface area contributed by atoms with Gasteiger partial charge in [0.1, 0.15) is 17.4 Å². The highest BCUT2D eigenvalue weighted by molar-refractivity contribution is 5.91. The third kappa shape index (κ3) is 4.27. The van der Waals surface area contributed by atoms with E-state index in [-0.39, 0.29) is 12.8 Å². The zero-order chi connectivity index (χ0) is 25.5. The van der Waals surface area contributed by atoms with Crippen LogP contribution in [0.1, 0.15) is 70.1 Å². The van der Waals surface area contributed by atoms with E-state index in [1.807, 2.05) is 12.7 Å². The minimum Gasteiger partial charge on any atom is -0.392 e. The fraction of sp³-hybridized carbons (Fsp3) is 0.517. The maximum Gasteiger partial charge on any atom is 0.228 e. The highest BCUT2D eigenvalue weighted by Gasteiger charge is 2.25. The maximum atomic E-state index is 9.56. The van der Waals surface area contributed by atoms with Gasteiger partial charge in [0.2, 0.25) is 5.95 Å². The maximum absolute atomic E-state index is 9.56. The van der Waals surface area contributed by atoms with Gasteiger partial charge < -0.3 is 19.3 Å². The summed E-state index contributed by atoms with van der Waals surface area (Å²) >= 11 is 0.